The van der Waals surface area contributed by atoms with E-state index in [-0.39, 0.29) is 22.7 Å². The van der Waals surface area contributed by atoms with Crippen molar-refractivity contribution in [2.24, 2.45) is 0 Å². The van der Waals surface area contributed by atoms with E-state index < -0.39 is 17.9 Å². The second kappa shape index (κ2) is 8.77. The zero-order chi connectivity index (χ0) is 24.0. The Labute approximate surface area is 200 Å². The number of urea groups is 1. The lowest BCUT2D eigenvalue weighted by molar-refractivity contribution is -0.128. The Kier molecular flexibility index (Phi) is 5.79. The molecule has 2 aliphatic rings. The second-order valence-electron chi connectivity index (χ2n) is 8.57. The number of hydrogen-bond acceptors (Lipinski definition) is 4. The maximum atomic E-state index is 14.2. The number of phenols is 1. The number of H-pyrrole nitrogens is 1. The van der Waals surface area contributed by atoms with Crippen molar-refractivity contribution in [2.75, 3.05) is 19.6 Å². The Bertz CT molecular complexity index is 1310. The van der Waals surface area contributed by atoms with Crippen LogP contribution in [-0.4, -0.2) is 57.5 Å². The van der Waals surface area contributed by atoms with E-state index in [9.17, 15) is 19.1 Å². The molecule has 1 saturated heterocycles. The highest BCUT2D eigenvalue weighted by Gasteiger charge is 2.52. The number of aromatic hydroxyl groups is 1. The Morgan fingerprint density at radius 1 is 1.29 bits per heavy atom. The summed E-state index contributed by atoms with van der Waals surface area (Å²) < 4.78 is 14.2. The maximum absolute atomic E-state index is 14.2. The molecule has 0 radical (unpaired) electrons. The van der Waals surface area contributed by atoms with Crippen molar-refractivity contribution < 1.29 is 19.1 Å². The zero-order valence-electron chi connectivity index (χ0n) is 18.4. The van der Waals surface area contributed by atoms with Gasteiger partial charge >= 0.3 is 6.03 Å². The number of rotatable bonds is 7. The normalized spacial score (nSPS) is 19.6. The third-order valence-corrected chi connectivity index (χ3v) is 6.77. The van der Waals surface area contributed by atoms with Gasteiger partial charge in [0, 0.05) is 36.1 Å². The number of hydrogen-bond donors (Lipinski definition) is 3. The predicted octanol–water partition coefficient (Wildman–Crippen LogP) is 4.11. The highest BCUT2D eigenvalue weighted by Crippen LogP contribution is 2.45. The molecule has 1 unspecified atom stereocenters. The van der Waals surface area contributed by atoms with E-state index >= 15 is 0 Å². The van der Waals surface area contributed by atoms with E-state index in [0.29, 0.717) is 49.2 Å². The fourth-order valence-electron chi connectivity index (χ4n) is 4.99. The lowest BCUT2D eigenvalue weighted by atomic mass is 9.89. The number of aromatic amines is 1. The maximum Gasteiger partial charge on any atom is 0.328 e. The van der Waals surface area contributed by atoms with Crippen molar-refractivity contribution in [1.82, 2.24) is 20.1 Å². The van der Waals surface area contributed by atoms with Gasteiger partial charge in [0.2, 0.25) is 0 Å². The average molecular weight is 483 g/mol. The molecule has 1 aromatic heterocycles. The highest BCUT2D eigenvalue weighted by atomic mass is 35.5. The summed E-state index contributed by atoms with van der Waals surface area (Å²) in [5, 5.41) is 14.0. The number of nitrogens with one attached hydrogen (secondary N) is 2. The summed E-state index contributed by atoms with van der Waals surface area (Å²) in [7, 11) is 0. The van der Waals surface area contributed by atoms with Gasteiger partial charge < -0.3 is 15.4 Å². The van der Waals surface area contributed by atoms with Gasteiger partial charge in [-0.15, -0.1) is 6.58 Å². The van der Waals surface area contributed by atoms with Crippen molar-refractivity contribution in [2.45, 2.75) is 24.9 Å². The van der Waals surface area contributed by atoms with Gasteiger partial charge in [-0.3, -0.25) is 14.6 Å². The first-order chi connectivity index (χ1) is 16.4. The first-order valence-electron chi connectivity index (χ1n) is 11.1. The molecule has 5 rings (SSSR count). The standard InChI is InChI=1S/C25H24ClFN4O3/c1-2-7-28-8-4-9-30-24(33)21-12-17-16-11-18(26)19(27)13-20(16)29-22(17)23(31(21)25(30)34)14-5-3-6-15(32)10-14/h2-3,5-6,10-11,13,21,23,28-29,32H,1,4,7-9,12H2/t21-,23?/m0/s1. The van der Waals surface area contributed by atoms with Crippen molar-refractivity contribution in [3.63, 3.8) is 0 Å². The molecule has 2 aromatic carbocycles. The zero-order valence-corrected chi connectivity index (χ0v) is 19.1. The SMILES string of the molecule is C=CCNCCCN1C(=O)[C@@H]2Cc3c([nH]c4cc(F)c(Cl)cc34)C(c3cccc(O)c3)N2C1=O. The van der Waals surface area contributed by atoms with Gasteiger partial charge in [0.25, 0.3) is 5.91 Å². The summed E-state index contributed by atoms with van der Waals surface area (Å²) in [6.45, 7) is 5.26. The molecule has 34 heavy (non-hydrogen) atoms. The number of carbonyl (C=O) groups excluding carboxylic acids is 2. The minimum Gasteiger partial charge on any atom is -0.508 e. The molecule has 3 N–H and O–H groups in total. The molecular formula is C25H24ClFN4O3. The topological polar surface area (TPSA) is 88.7 Å². The number of halogens is 2. The Hall–Kier alpha value is -3.36. The Morgan fingerprint density at radius 3 is 2.88 bits per heavy atom. The molecular weight excluding hydrogens is 459 g/mol. The summed E-state index contributed by atoms with van der Waals surface area (Å²) >= 11 is 6.07. The van der Waals surface area contributed by atoms with Gasteiger partial charge in [0.15, 0.2) is 0 Å². The van der Waals surface area contributed by atoms with E-state index in [1.807, 2.05) is 0 Å². The average Bonchev–Trinajstić information content (AvgIpc) is 3.27. The molecule has 0 aliphatic carbocycles. The second-order valence-corrected chi connectivity index (χ2v) is 8.98. The first kappa shape index (κ1) is 22.4. The van der Waals surface area contributed by atoms with Gasteiger partial charge in [0.1, 0.15) is 23.7 Å². The molecule has 2 aliphatic heterocycles. The van der Waals surface area contributed by atoms with Crippen LogP contribution in [0, 0.1) is 5.82 Å². The van der Waals surface area contributed by atoms with Crippen molar-refractivity contribution >= 4 is 34.4 Å². The van der Waals surface area contributed by atoms with E-state index in [0.717, 1.165) is 10.9 Å². The van der Waals surface area contributed by atoms with Gasteiger partial charge in [-0.1, -0.05) is 29.8 Å². The summed E-state index contributed by atoms with van der Waals surface area (Å²) in [5.74, 6) is -0.757. The van der Waals surface area contributed by atoms with Crippen molar-refractivity contribution in [3.8, 4) is 5.75 Å². The van der Waals surface area contributed by atoms with E-state index in [4.69, 9.17) is 11.6 Å². The van der Waals surface area contributed by atoms with E-state index in [1.54, 1.807) is 41.3 Å². The van der Waals surface area contributed by atoms with Crippen LogP contribution < -0.4 is 5.32 Å². The van der Waals surface area contributed by atoms with Crippen LogP contribution in [0.5, 0.6) is 5.75 Å². The fraction of sp³-hybridized carbons (Fsp3) is 0.280. The van der Waals surface area contributed by atoms with Gasteiger partial charge in [0.05, 0.1) is 5.02 Å². The molecule has 9 heteroatoms. The largest absolute Gasteiger partial charge is 0.508 e. The molecule has 0 bridgehead atoms. The minimum atomic E-state index is -0.698. The number of nitrogens with zero attached hydrogens (tertiary/aromatic N) is 2. The number of carbonyl (C=O) groups is 2. The van der Waals surface area contributed by atoms with Crippen molar-refractivity contribution in [3.05, 3.63) is 76.7 Å². The molecule has 7 nitrogen and oxygen atoms in total. The molecule has 3 amide bonds. The quantitative estimate of drug-likeness (QED) is 0.268. The van der Waals surface area contributed by atoms with E-state index in [2.05, 4.69) is 16.9 Å². The predicted molar refractivity (Wildman–Crippen MR) is 127 cm³/mol. The third kappa shape index (κ3) is 3.63. The third-order valence-electron chi connectivity index (χ3n) is 6.48. The lowest BCUT2D eigenvalue weighted by Gasteiger charge is -2.36. The van der Waals surface area contributed by atoms with E-state index in [1.165, 1.54) is 11.0 Å². The Morgan fingerprint density at radius 2 is 2.12 bits per heavy atom. The number of benzene rings is 2. The highest BCUT2D eigenvalue weighted by molar-refractivity contribution is 6.31. The number of phenolic OH excluding ortho intramolecular Hbond substituents is 1. The van der Waals surface area contributed by atoms with Crippen LogP contribution >= 0.6 is 11.6 Å². The van der Waals surface area contributed by atoms with Crippen LogP contribution in [0.4, 0.5) is 9.18 Å². The number of amides is 3. The molecule has 3 heterocycles. The minimum absolute atomic E-state index is 0.00638. The van der Waals surface area contributed by atoms with Crippen LogP contribution in [0.25, 0.3) is 10.9 Å². The van der Waals surface area contributed by atoms with Gasteiger partial charge in [-0.2, -0.15) is 0 Å². The van der Waals surface area contributed by atoms with Gasteiger partial charge in [-0.05, 0) is 48.4 Å². The van der Waals surface area contributed by atoms with Crippen LogP contribution in [0.1, 0.15) is 29.3 Å². The van der Waals surface area contributed by atoms with Gasteiger partial charge in [-0.25, -0.2) is 9.18 Å². The van der Waals surface area contributed by atoms with Crippen LogP contribution in [0.2, 0.25) is 5.02 Å². The summed E-state index contributed by atoms with van der Waals surface area (Å²) in [5.41, 5.74) is 2.71. The van der Waals surface area contributed by atoms with Crippen LogP contribution in [0.3, 0.4) is 0 Å². The Balaban J connectivity index is 1.57. The first-order valence-corrected chi connectivity index (χ1v) is 11.5. The van der Waals surface area contributed by atoms with Crippen molar-refractivity contribution in [1.29, 1.82) is 0 Å². The molecule has 176 valence electrons. The fourth-order valence-corrected chi connectivity index (χ4v) is 5.15. The molecule has 3 aromatic rings. The smallest absolute Gasteiger partial charge is 0.328 e. The summed E-state index contributed by atoms with van der Waals surface area (Å²) in [6.07, 6.45) is 2.66. The number of fused-ring (bicyclic) bond motifs is 4. The monoisotopic (exact) mass is 482 g/mol. The van der Waals surface area contributed by atoms with Crippen LogP contribution in [-0.2, 0) is 11.2 Å². The molecule has 1 fully saturated rings. The summed E-state index contributed by atoms with van der Waals surface area (Å²) in [4.78, 5) is 33.0. The molecule has 0 spiro atoms. The summed E-state index contributed by atoms with van der Waals surface area (Å²) in [6, 6.07) is 7.79. The molecule has 0 saturated carbocycles. The number of aromatic nitrogens is 1. The van der Waals surface area contributed by atoms with Crippen LogP contribution in [0.15, 0.2) is 49.1 Å². The lowest BCUT2D eigenvalue weighted by Crippen LogP contribution is -2.44. The molecule has 2 atom stereocenters. The number of imide groups is 1.